The molecule has 6 nitrogen and oxygen atoms in total. The van der Waals surface area contributed by atoms with Crippen molar-refractivity contribution in [1.29, 1.82) is 0 Å². The average Bonchev–Trinajstić information content (AvgIpc) is 2.91. The normalized spacial score (nSPS) is 11.8. The van der Waals surface area contributed by atoms with Crippen molar-refractivity contribution >= 4 is 11.9 Å². The first-order valence-electron chi connectivity index (χ1n) is 6.14. The third-order valence-corrected chi connectivity index (χ3v) is 2.97. The molecule has 0 aliphatic heterocycles. The number of hydrogen-bond acceptors (Lipinski definition) is 3. The van der Waals surface area contributed by atoms with Gasteiger partial charge in [-0.2, -0.15) is 0 Å². The Morgan fingerprint density at radius 1 is 1.40 bits per heavy atom. The lowest BCUT2D eigenvalue weighted by molar-refractivity contribution is -0.139. The van der Waals surface area contributed by atoms with Crippen molar-refractivity contribution in [3.63, 3.8) is 0 Å². The van der Waals surface area contributed by atoms with Crippen LogP contribution < -0.4 is 5.32 Å². The van der Waals surface area contributed by atoms with E-state index in [2.05, 4.69) is 15.3 Å². The van der Waals surface area contributed by atoms with Gasteiger partial charge in [0.05, 0.1) is 6.33 Å². The third-order valence-electron chi connectivity index (χ3n) is 2.97. The van der Waals surface area contributed by atoms with Crippen LogP contribution in [-0.2, 0) is 11.2 Å². The molecule has 0 spiro atoms. The summed E-state index contributed by atoms with van der Waals surface area (Å²) in [6, 6.07) is 6.04. The van der Waals surface area contributed by atoms with Crippen LogP contribution in [0, 0.1) is 6.92 Å². The number of carboxylic acids is 1. The SMILES string of the molecule is Cc1ccccc1C(=O)N[C@H](Cc1cnc[nH]1)C(=O)O. The zero-order valence-electron chi connectivity index (χ0n) is 11.0. The number of imidazole rings is 1. The van der Waals surface area contributed by atoms with Crippen LogP contribution in [0.25, 0.3) is 0 Å². The van der Waals surface area contributed by atoms with Crippen LogP contribution in [0.5, 0.6) is 0 Å². The molecule has 3 N–H and O–H groups in total. The number of amides is 1. The molecule has 6 heteroatoms. The Labute approximate surface area is 115 Å². The molecule has 0 aliphatic carbocycles. The fourth-order valence-corrected chi connectivity index (χ4v) is 1.88. The Kier molecular flexibility index (Phi) is 4.14. The van der Waals surface area contributed by atoms with Crippen molar-refractivity contribution in [3.8, 4) is 0 Å². The highest BCUT2D eigenvalue weighted by Gasteiger charge is 2.22. The number of aryl methyl sites for hydroxylation is 1. The number of H-pyrrole nitrogens is 1. The molecule has 0 saturated heterocycles. The first-order valence-corrected chi connectivity index (χ1v) is 6.14. The Hall–Kier alpha value is -2.63. The maximum Gasteiger partial charge on any atom is 0.326 e. The fraction of sp³-hybridized carbons (Fsp3) is 0.214. The second-order valence-electron chi connectivity index (χ2n) is 4.46. The number of hydrogen-bond donors (Lipinski definition) is 3. The van der Waals surface area contributed by atoms with Gasteiger partial charge in [0.15, 0.2) is 0 Å². The third kappa shape index (κ3) is 3.23. The molecule has 1 amide bonds. The minimum absolute atomic E-state index is 0.160. The van der Waals surface area contributed by atoms with Gasteiger partial charge >= 0.3 is 5.97 Å². The van der Waals surface area contributed by atoms with E-state index >= 15 is 0 Å². The molecule has 0 unspecified atom stereocenters. The minimum atomic E-state index is -1.08. The van der Waals surface area contributed by atoms with Crippen LogP contribution in [0.15, 0.2) is 36.8 Å². The fourth-order valence-electron chi connectivity index (χ4n) is 1.88. The molecular formula is C14H15N3O3. The van der Waals surface area contributed by atoms with E-state index in [1.807, 2.05) is 6.07 Å². The lowest BCUT2D eigenvalue weighted by Crippen LogP contribution is -2.42. The van der Waals surface area contributed by atoms with Crippen LogP contribution in [0.1, 0.15) is 21.6 Å². The van der Waals surface area contributed by atoms with Crippen LogP contribution in [-0.4, -0.2) is 33.0 Å². The van der Waals surface area contributed by atoms with E-state index in [-0.39, 0.29) is 6.42 Å². The van der Waals surface area contributed by atoms with Gasteiger partial charge in [0, 0.05) is 23.9 Å². The summed E-state index contributed by atoms with van der Waals surface area (Å²) in [4.78, 5) is 30.0. The Morgan fingerprint density at radius 2 is 2.15 bits per heavy atom. The van der Waals surface area contributed by atoms with Gasteiger partial charge in [-0.25, -0.2) is 9.78 Å². The van der Waals surface area contributed by atoms with E-state index in [4.69, 9.17) is 0 Å². The van der Waals surface area contributed by atoms with E-state index < -0.39 is 17.9 Å². The molecule has 1 heterocycles. The summed E-state index contributed by atoms with van der Waals surface area (Å²) in [6.45, 7) is 1.81. The minimum Gasteiger partial charge on any atom is -0.480 e. The van der Waals surface area contributed by atoms with Gasteiger partial charge in [0.1, 0.15) is 6.04 Å². The van der Waals surface area contributed by atoms with E-state index in [0.29, 0.717) is 11.3 Å². The number of carbonyl (C=O) groups excluding carboxylic acids is 1. The molecular weight excluding hydrogens is 258 g/mol. The smallest absolute Gasteiger partial charge is 0.326 e. The van der Waals surface area contributed by atoms with Gasteiger partial charge in [-0.15, -0.1) is 0 Å². The van der Waals surface area contributed by atoms with E-state index in [1.165, 1.54) is 12.5 Å². The molecule has 0 radical (unpaired) electrons. The van der Waals surface area contributed by atoms with Crippen LogP contribution in [0.2, 0.25) is 0 Å². The second-order valence-corrected chi connectivity index (χ2v) is 4.46. The number of aromatic nitrogens is 2. The highest BCUT2D eigenvalue weighted by Crippen LogP contribution is 2.08. The zero-order chi connectivity index (χ0) is 14.5. The second kappa shape index (κ2) is 6.01. The van der Waals surface area contributed by atoms with E-state index in [0.717, 1.165) is 5.56 Å². The molecule has 20 heavy (non-hydrogen) atoms. The largest absolute Gasteiger partial charge is 0.480 e. The number of carboxylic acid groups (broad SMARTS) is 1. The maximum absolute atomic E-state index is 12.1. The summed E-state index contributed by atoms with van der Waals surface area (Å²) in [6.07, 6.45) is 3.17. The highest BCUT2D eigenvalue weighted by atomic mass is 16.4. The summed E-state index contributed by atoms with van der Waals surface area (Å²) in [5.74, 6) is -1.48. The van der Waals surface area contributed by atoms with Gasteiger partial charge in [0.25, 0.3) is 5.91 Å². The number of nitrogens with zero attached hydrogens (tertiary/aromatic N) is 1. The molecule has 1 atom stereocenters. The van der Waals surface area contributed by atoms with E-state index in [1.54, 1.807) is 25.1 Å². The lowest BCUT2D eigenvalue weighted by atomic mass is 10.1. The summed E-state index contributed by atoms with van der Waals surface area (Å²) >= 11 is 0. The summed E-state index contributed by atoms with van der Waals surface area (Å²) in [7, 11) is 0. The zero-order valence-corrected chi connectivity index (χ0v) is 11.0. The van der Waals surface area contributed by atoms with Gasteiger partial charge in [-0.1, -0.05) is 18.2 Å². The van der Waals surface area contributed by atoms with Crippen molar-refractivity contribution in [2.24, 2.45) is 0 Å². The number of nitrogens with one attached hydrogen (secondary N) is 2. The molecule has 1 aromatic carbocycles. The van der Waals surface area contributed by atoms with E-state index in [9.17, 15) is 14.7 Å². The predicted octanol–water partition coefficient (Wildman–Crippen LogP) is 1.14. The number of aliphatic carboxylic acids is 1. The Balaban J connectivity index is 2.10. The standard InChI is InChI=1S/C14H15N3O3/c1-9-4-2-3-5-11(9)13(18)17-12(14(19)20)6-10-7-15-8-16-10/h2-5,7-8,12H,6H2,1H3,(H,15,16)(H,17,18)(H,19,20)/t12-/m1/s1. The van der Waals surface area contributed by atoms with Crippen LogP contribution in [0.4, 0.5) is 0 Å². The average molecular weight is 273 g/mol. The van der Waals surface area contributed by atoms with Gasteiger partial charge in [-0.05, 0) is 18.6 Å². The number of benzene rings is 1. The lowest BCUT2D eigenvalue weighted by Gasteiger charge is -2.14. The number of carbonyl (C=O) groups is 2. The molecule has 2 aromatic rings. The van der Waals surface area contributed by atoms with Crippen molar-refractivity contribution in [1.82, 2.24) is 15.3 Å². The first-order chi connectivity index (χ1) is 9.58. The van der Waals surface area contributed by atoms with Crippen molar-refractivity contribution in [2.45, 2.75) is 19.4 Å². The Morgan fingerprint density at radius 3 is 2.75 bits per heavy atom. The molecule has 104 valence electrons. The number of rotatable bonds is 5. The molecule has 0 saturated carbocycles. The summed E-state index contributed by atoms with van der Waals surface area (Å²) < 4.78 is 0. The molecule has 2 rings (SSSR count). The van der Waals surface area contributed by atoms with Crippen molar-refractivity contribution < 1.29 is 14.7 Å². The molecule has 0 bridgehead atoms. The molecule has 1 aromatic heterocycles. The van der Waals surface area contributed by atoms with Crippen molar-refractivity contribution in [3.05, 3.63) is 53.6 Å². The van der Waals surface area contributed by atoms with Crippen LogP contribution in [0.3, 0.4) is 0 Å². The quantitative estimate of drug-likeness (QED) is 0.761. The van der Waals surface area contributed by atoms with Crippen LogP contribution >= 0.6 is 0 Å². The highest BCUT2D eigenvalue weighted by molar-refractivity contribution is 5.97. The molecule has 0 aliphatic rings. The summed E-state index contributed by atoms with van der Waals surface area (Å²) in [5, 5.41) is 11.7. The summed E-state index contributed by atoms with van der Waals surface area (Å²) in [5.41, 5.74) is 1.93. The molecule has 0 fully saturated rings. The maximum atomic E-state index is 12.1. The van der Waals surface area contributed by atoms with Gasteiger partial charge in [-0.3, -0.25) is 4.79 Å². The number of aromatic amines is 1. The predicted molar refractivity (Wildman–Crippen MR) is 72.4 cm³/mol. The first kappa shape index (κ1) is 13.8. The van der Waals surface area contributed by atoms with Gasteiger partial charge in [0.2, 0.25) is 0 Å². The monoisotopic (exact) mass is 273 g/mol. The topological polar surface area (TPSA) is 95.1 Å². The Bertz CT molecular complexity index is 608. The van der Waals surface area contributed by atoms with Gasteiger partial charge < -0.3 is 15.4 Å². The van der Waals surface area contributed by atoms with Crippen molar-refractivity contribution in [2.75, 3.05) is 0 Å².